The molecule has 9 nitrogen and oxygen atoms in total. The highest BCUT2D eigenvalue weighted by molar-refractivity contribution is 6.13. The lowest BCUT2D eigenvalue weighted by atomic mass is 10.3. The number of nitrogens with one attached hydrogen (secondary N) is 2. The number of hydrogen-bond acceptors (Lipinski definition) is 6. The molecular weight excluding hydrogens is 318 g/mol. The van der Waals surface area contributed by atoms with Gasteiger partial charge in [-0.1, -0.05) is 0 Å². The summed E-state index contributed by atoms with van der Waals surface area (Å²) >= 11 is 0. The quantitative estimate of drug-likeness (QED) is 0.333. The summed E-state index contributed by atoms with van der Waals surface area (Å²) in [6.45, 7) is 1.80. The maximum atomic E-state index is 11.6. The first-order valence-corrected chi connectivity index (χ1v) is 7.71. The summed E-state index contributed by atoms with van der Waals surface area (Å²) < 4.78 is 10.5. The van der Waals surface area contributed by atoms with Crippen LogP contribution in [0.5, 0.6) is 0 Å². The summed E-state index contributed by atoms with van der Waals surface area (Å²) in [6.07, 6.45) is 2.74. The van der Waals surface area contributed by atoms with Crippen molar-refractivity contribution in [2.75, 3.05) is 46.6 Å². The van der Waals surface area contributed by atoms with Gasteiger partial charge in [0.15, 0.2) is 0 Å². The lowest BCUT2D eigenvalue weighted by molar-refractivity contribution is -0.137. The van der Waals surface area contributed by atoms with E-state index in [0.717, 1.165) is 4.90 Å². The van der Waals surface area contributed by atoms with Gasteiger partial charge in [0.1, 0.15) is 0 Å². The third-order valence-corrected chi connectivity index (χ3v) is 3.16. The average molecular weight is 341 g/mol. The lowest BCUT2D eigenvalue weighted by Gasteiger charge is -2.13. The Labute approximate surface area is 140 Å². The van der Waals surface area contributed by atoms with Gasteiger partial charge in [0, 0.05) is 45.1 Å². The topological polar surface area (TPSA) is 114 Å². The number of imide groups is 1. The first kappa shape index (κ1) is 19.8. The van der Waals surface area contributed by atoms with Gasteiger partial charge in [0.25, 0.3) is 11.8 Å². The molecule has 0 aromatic rings. The van der Waals surface area contributed by atoms with Crippen molar-refractivity contribution in [1.29, 1.82) is 0 Å². The van der Waals surface area contributed by atoms with Crippen LogP contribution >= 0.6 is 0 Å². The van der Waals surface area contributed by atoms with Crippen LogP contribution in [0.25, 0.3) is 0 Å². The molecule has 134 valence electrons. The molecule has 24 heavy (non-hydrogen) atoms. The molecular formula is C15H23N3O6. The SMILES string of the molecule is CNC(=O)CCOCCOCCNC(=O)CCN1C(=O)C=CC1=O. The fourth-order valence-electron chi connectivity index (χ4n) is 1.83. The number of hydrogen-bond donors (Lipinski definition) is 2. The van der Waals surface area contributed by atoms with Crippen LogP contribution in [0.4, 0.5) is 0 Å². The molecule has 0 aromatic heterocycles. The normalized spacial score (nSPS) is 13.5. The van der Waals surface area contributed by atoms with Gasteiger partial charge in [-0.2, -0.15) is 0 Å². The number of rotatable bonds is 12. The molecule has 0 spiro atoms. The van der Waals surface area contributed by atoms with E-state index in [4.69, 9.17) is 9.47 Å². The Morgan fingerprint density at radius 1 is 0.958 bits per heavy atom. The zero-order valence-electron chi connectivity index (χ0n) is 13.7. The first-order chi connectivity index (χ1) is 11.5. The van der Waals surface area contributed by atoms with Gasteiger partial charge >= 0.3 is 0 Å². The van der Waals surface area contributed by atoms with E-state index in [9.17, 15) is 19.2 Å². The Morgan fingerprint density at radius 2 is 1.58 bits per heavy atom. The van der Waals surface area contributed by atoms with E-state index in [1.54, 1.807) is 7.05 Å². The second-order valence-electron chi connectivity index (χ2n) is 4.91. The molecule has 0 aromatic carbocycles. The van der Waals surface area contributed by atoms with Crippen LogP contribution < -0.4 is 10.6 Å². The van der Waals surface area contributed by atoms with Crippen LogP contribution in [0.3, 0.4) is 0 Å². The molecule has 1 rings (SSSR count). The largest absolute Gasteiger partial charge is 0.379 e. The smallest absolute Gasteiger partial charge is 0.253 e. The molecule has 0 unspecified atom stereocenters. The third-order valence-electron chi connectivity index (χ3n) is 3.16. The Hall–Kier alpha value is -2.26. The maximum Gasteiger partial charge on any atom is 0.253 e. The van der Waals surface area contributed by atoms with Crippen LogP contribution in [-0.2, 0) is 28.7 Å². The van der Waals surface area contributed by atoms with Crippen molar-refractivity contribution < 1.29 is 28.7 Å². The fraction of sp³-hybridized carbons (Fsp3) is 0.600. The van der Waals surface area contributed by atoms with E-state index < -0.39 is 11.8 Å². The van der Waals surface area contributed by atoms with Gasteiger partial charge in [-0.25, -0.2) is 0 Å². The van der Waals surface area contributed by atoms with Crippen molar-refractivity contribution in [1.82, 2.24) is 15.5 Å². The highest BCUT2D eigenvalue weighted by Crippen LogP contribution is 2.03. The van der Waals surface area contributed by atoms with E-state index in [-0.39, 0.29) is 24.8 Å². The Kier molecular flexibility index (Phi) is 9.32. The summed E-state index contributed by atoms with van der Waals surface area (Å²) in [5, 5.41) is 5.13. The lowest BCUT2D eigenvalue weighted by Crippen LogP contribution is -2.35. The molecule has 9 heteroatoms. The van der Waals surface area contributed by atoms with Crippen LogP contribution in [0.2, 0.25) is 0 Å². The van der Waals surface area contributed by atoms with Crippen LogP contribution in [0.15, 0.2) is 12.2 Å². The molecule has 0 atom stereocenters. The Morgan fingerprint density at radius 3 is 2.21 bits per heavy atom. The summed E-state index contributed by atoms with van der Waals surface area (Å²) in [5.41, 5.74) is 0. The van der Waals surface area contributed by atoms with Gasteiger partial charge in [-0.3, -0.25) is 24.1 Å². The average Bonchev–Trinajstić information content (AvgIpc) is 2.89. The highest BCUT2D eigenvalue weighted by Gasteiger charge is 2.23. The predicted molar refractivity (Wildman–Crippen MR) is 83.8 cm³/mol. The molecule has 4 amide bonds. The monoisotopic (exact) mass is 341 g/mol. The van der Waals surface area contributed by atoms with E-state index in [1.165, 1.54) is 12.2 Å². The summed E-state index contributed by atoms with van der Waals surface area (Å²) in [5.74, 6) is -1.13. The molecule has 0 bridgehead atoms. The molecule has 0 saturated carbocycles. The minimum atomic E-state index is -0.396. The van der Waals surface area contributed by atoms with Crippen molar-refractivity contribution in [3.63, 3.8) is 0 Å². The van der Waals surface area contributed by atoms with Crippen LogP contribution in [0, 0.1) is 0 Å². The standard InChI is InChI=1S/C15H23N3O6/c1-16-12(19)5-8-23-10-11-24-9-6-17-13(20)4-7-18-14(21)2-3-15(18)22/h2-3H,4-11H2,1H3,(H,16,19)(H,17,20). The van der Waals surface area contributed by atoms with Gasteiger partial charge < -0.3 is 20.1 Å². The minimum absolute atomic E-state index is 0.0573. The molecule has 1 aliphatic heterocycles. The van der Waals surface area contributed by atoms with Crippen molar-refractivity contribution in [3.05, 3.63) is 12.2 Å². The Bertz CT molecular complexity index is 474. The second kappa shape index (κ2) is 11.3. The number of carbonyl (C=O) groups excluding carboxylic acids is 4. The first-order valence-electron chi connectivity index (χ1n) is 7.71. The van der Waals surface area contributed by atoms with Gasteiger partial charge in [-0.15, -0.1) is 0 Å². The molecule has 1 heterocycles. The number of ether oxygens (including phenoxy) is 2. The predicted octanol–water partition coefficient (Wildman–Crippen LogP) is -1.41. The van der Waals surface area contributed by atoms with Crippen molar-refractivity contribution in [3.8, 4) is 0 Å². The molecule has 0 saturated heterocycles. The molecule has 1 aliphatic rings. The number of amides is 4. The Balaban J connectivity index is 1.92. The highest BCUT2D eigenvalue weighted by atomic mass is 16.5. The van der Waals surface area contributed by atoms with E-state index in [1.807, 2.05) is 0 Å². The maximum absolute atomic E-state index is 11.6. The van der Waals surface area contributed by atoms with Crippen molar-refractivity contribution in [2.24, 2.45) is 0 Å². The fourth-order valence-corrected chi connectivity index (χ4v) is 1.83. The molecule has 0 radical (unpaired) electrons. The summed E-state index contributed by atoms with van der Waals surface area (Å²) in [4.78, 5) is 46.1. The van der Waals surface area contributed by atoms with Crippen molar-refractivity contribution >= 4 is 23.6 Å². The zero-order chi connectivity index (χ0) is 17.8. The second-order valence-corrected chi connectivity index (χ2v) is 4.91. The molecule has 0 fully saturated rings. The van der Waals surface area contributed by atoms with Gasteiger partial charge in [0.05, 0.1) is 26.4 Å². The summed E-state index contributed by atoms with van der Waals surface area (Å²) in [7, 11) is 1.57. The molecule has 2 N–H and O–H groups in total. The van der Waals surface area contributed by atoms with E-state index >= 15 is 0 Å². The van der Waals surface area contributed by atoms with E-state index in [0.29, 0.717) is 39.4 Å². The molecule has 0 aliphatic carbocycles. The third kappa shape index (κ3) is 7.84. The van der Waals surface area contributed by atoms with Crippen LogP contribution in [0.1, 0.15) is 12.8 Å². The van der Waals surface area contributed by atoms with Crippen LogP contribution in [-0.4, -0.2) is 75.1 Å². The van der Waals surface area contributed by atoms with Gasteiger partial charge in [0.2, 0.25) is 11.8 Å². The van der Waals surface area contributed by atoms with Gasteiger partial charge in [-0.05, 0) is 0 Å². The summed E-state index contributed by atoms with van der Waals surface area (Å²) in [6, 6.07) is 0. The number of nitrogens with zero attached hydrogens (tertiary/aromatic N) is 1. The number of carbonyl (C=O) groups is 4. The minimum Gasteiger partial charge on any atom is -0.379 e. The zero-order valence-corrected chi connectivity index (χ0v) is 13.7. The van der Waals surface area contributed by atoms with Crippen molar-refractivity contribution in [2.45, 2.75) is 12.8 Å². The van der Waals surface area contributed by atoms with E-state index in [2.05, 4.69) is 10.6 Å².